The molecule has 0 spiro atoms. The van der Waals surface area contributed by atoms with Gasteiger partial charge in [-0.25, -0.2) is 4.79 Å². The molecule has 0 aliphatic heterocycles. The number of esters is 1. The normalized spacial score (nSPS) is 10.6. The molecule has 1 aromatic heterocycles. The van der Waals surface area contributed by atoms with Crippen molar-refractivity contribution >= 4 is 40.9 Å². The van der Waals surface area contributed by atoms with Crippen molar-refractivity contribution in [2.45, 2.75) is 32.2 Å². The van der Waals surface area contributed by atoms with Gasteiger partial charge in [0.1, 0.15) is 12.4 Å². The fourth-order valence-electron chi connectivity index (χ4n) is 3.15. The number of hydrogen-bond donors (Lipinski definition) is 1. The number of halogens is 1. The average molecular weight is 501 g/mol. The molecule has 8 nitrogen and oxygen atoms in total. The van der Waals surface area contributed by atoms with Crippen LogP contribution in [0.25, 0.3) is 0 Å². The second-order valence-electron chi connectivity index (χ2n) is 7.37. The number of carbonyl (C=O) groups excluding carboxylic acids is 2. The highest BCUT2D eigenvalue weighted by atomic mass is 35.5. The number of ether oxygens (including phenoxy) is 2. The molecule has 0 atom stereocenters. The molecule has 0 radical (unpaired) electrons. The van der Waals surface area contributed by atoms with E-state index in [1.54, 1.807) is 30.3 Å². The fraction of sp³-hybridized carbons (Fsp3) is 0.250. The van der Waals surface area contributed by atoms with Gasteiger partial charge in [-0.15, -0.1) is 16.8 Å². The number of aryl methyl sites for hydroxylation is 2. The monoisotopic (exact) mass is 500 g/mol. The van der Waals surface area contributed by atoms with Crippen LogP contribution >= 0.6 is 23.4 Å². The van der Waals surface area contributed by atoms with Crippen LogP contribution in [0.5, 0.6) is 5.75 Å². The van der Waals surface area contributed by atoms with E-state index in [1.807, 2.05) is 30.5 Å². The van der Waals surface area contributed by atoms with E-state index in [0.29, 0.717) is 34.5 Å². The van der Waals surface area contributed by atoms with Crippen LogP contribution in [0.2, 0.25) is 5.02 Å². The van der Waals surface area contributed by atoms with Gasteiger partial charge in [0.25, 0.3) is 0 Å². The number of methoxy groups -OCH3 is 1. The maximum Gasteiger partial charge on any atom is 0.337 e. The molecule has 0 bridgehead atoms. The lowest BCUT2D eigenvalue weighted by Gasteiger charge is -2.11. The van der Waals surface area contributed by atoms with Gasteiger partial charge in [-0.1, -0.05) is 35.5 Å². The Morgan fingerprint density at radius 1 is 1.21 bits per heavy atom. The summed E-state index contributed by atoms with van der Waals surface area (Å²) in [6.45, 7) is 8.31. The number of anilines is 1. The van der Waals surface area contributed by atoms with Crippen LogP contribution < -0.4 is 10.1 Å². The summed E-state index contributed by atoms with van der Waals surface area (Å²) in [5, 5.41) is 12.5. The van der Waals surface area contributed by atoms with Crippen LogP contribution in [0.3, 0.4) is 0 Å². The lowest BCUT2D eigenvalue weighted by atomic mass is 10.1. The quantitative estimate of drug-likeness (QED) is 0.242. The van der Waals surface area contributed by atoms with Gasteiger partial charge < -0.3 is 14.8 Å². The summed E-state index contributed by atoms with van der Waals surface area (Å²) in [5.41, 5.74) is 2.73. The zero-order valence-corrected chi connectivity index (χ0v) is 20.7. The van der Waals surface area contributed by atoms with Crippen LogP contribution in [-0.4, -0.2) is 39.5 Å². The number of nitrogens with one attached hydrogen (secondary N) is 1. The predicted octanol–water partition coefficient (Wildman–Crippen LogP) is 4.83. The van der Waals surface area contributed by atoms with Crippen LogP contribution in [0.4, 0.5) is 5.69 Å². The molecule has 34 heavy (non-hydrogen) atoms. The van der Waals surface area contributed by atoms with Crippen molar-refractivity contribution in [1.29, 1.82) is 0 Å². The Labute approximate surface area is 207 Å². The first-order valence-corrected chi connectivity index (χ1v) is 11.7. The molecule has 0 fully saturated rings. The van der Waals surface area contributed by atoms with Crippen LogP contribution in [0, 0.1) is 13.8 Å². The molecule has 0 aliphatic carbocycles. The summed E-state index contributed by atoms with van der Waals surface area (Å²) < 4.78 is 12.5. The van der Waals surface area contributed by atoms with E-state index >= 15 is 0 Å². The maximum atomic E-state index is 12.5. The zero-order valence-electron chi connectivity index (χ0n) is 19.1. The molecule has 1 heterocycles. The third-order valence-electron chi connectivity index (χ3n) is 4.78. The van der Waals surface area contributed by atoms with Crippen molar-refractivity contribution in [3.05, 3.63) is 76.6 Å². The van der Waals surface area contributed by atoms with Gasteiger partial charge in [-0.2, -0.15) is 0 Å². The third-order valence-corrected chi connectivity index (χ3v) is 6.35. The average Bonchev–Trinajstić information content (AvgIpc) is 3.21. The van der Waals surface area contributed by atoms with Gasteiger partial charge >= 0.3 is 5.97 Å². The zero-order chi connectivity index (χ0) is 24.7. The number of thioether (sulfide) groups is 1. The van der Waals surface area contributed by atoms with Crippen molar-refractivity contribution in [2.75, 3.05) is 18.2 Å². The smallest absolute Gasteiger partial charge is 0.337 e. The molecule has 0 saturated carbocycles. The van der Waals surface area contributed by atoms with Gasteiger partial charge in [0, 0.05) is 17.3 Å². The van der Waals surface area contributed by atoms with Crippen molar-refractivity contribution in [1.82, 2.24) is 14.8 Å². The summed E-state index contributed by atoms with van der Waals surface area (Å²) >= 11 is 7.47. The number of allylic oxidation sites excluding steroid dienone is 1. The van der Waals surface area contributed by atoms with E-state index in [0.717, 1.165) is 16.1 Å². The summed E-state index contributed by atoms with van der Waals surface area (Å²) in [7, 11) is 1.31. The fourth-order valence-corrected chi connectivity index (χ4v) is 4.03. The highest BCUT2D eigenvalue weighted by Crippen LogP contribution is 2.27. The molecule has 1 N–H and O–H groups in total. The second kappa shape index (κ2) is 11.7. The molecule has 10 heteroatoms. The van der Waals surface area contributed by atoms with E-state index in [2.05, 4.69) is 22.1 Å². The molecule has 1 amide bonds. The summed E-state index contributed by atoms with van der Waals surface area (Å²) in [4.78, 5) is 24.1. The first-order valence-electron chi connectivity index (χ1n) is 10.4. The molecule has 2 aromatic carbocycles. The Hall–Kier alpha value is -3.30. The number of aromatic nitrogens is 3. The SMILES string of the molecule is C=CCn1c(COc2cc(C)c(Cl)c(C)c2)nnc1SCC(=O)Nc1cccc(C(=O)OC)c1. The molecular formula is C24H25ClN4O4S. The highest BCUT2D eigenvalue weighted by Gasteiger charge is 2.15. The molecular weight excluding hydrogens is 476 g/mol. The van der Waals surface area contributed by atoms with E-state index in [-0.39, 0.29) is 18.3 Å². The van der Waals surface area contributed by atoms with E-state index in [1.165, 1.54) is 18.9 Å². The Morgan fingerprint density at radius 2 is 1.94 bits per heavy atom. The number of nitrogens with zero attached hydrogens (tertiary/aromatic N) is 3. The van der Waals surface area contributed by atoms with Crippen LogP contribution in [0.15, 0.2) is 54.2 Å². The Balaban J connectivity index is 1.63. The molecule has 0 saturated heterocycles. The maximum absolute atomic E-state index is 12.5. The first-order chi connectivity index (χ1) is 16.3. The largest absolute Gasteiger partial charge is 0.486 e. The van der Waals surface area contributed by atoms with E-state index in [9.17, 15) is 9.59 Å². The molecule has 3 aromatic rings. The van der Waals surface area contributed by atoms with Gasteiger partial charge in [-0.05, 0) is 55.3 Å². The lowest BCUT2D eigenvalue weighted by Crippen LogP contribution is -2.15. The van der Waals surface area contributed by atoms with Gasteiger partial charge in [0.05, 0.1) is 18.4 Å². The standard InChI is InChI=1S/C24H25ClN4O4S/c1-5-9-29-20(13-33-19-10-15(2)22(25)16(3)11-19)27-28-24(29)34-14-21(30)26-18-8-6-7-17(12-18)23(31)32-4/h5-8,10-12H,1,9,13-14H2,2-4H3,(H,26,30). The Morgan fingerprint density at radius 3 is 2.62 bits per heavy atom. The van der Waals surface area contributed by atoms with Crippen molar-refractivity contribution < 1.29 is 19.1 Å². The minimum absolute atomic E-state index is 0.105. The summed E-state index contributed by atoms with van der Waals surface area (Å²) in [6.07, 6.45) is 1.73. The topological polar surface area (TPSA) is 95.3 Å². The Bertz CT molecular complexity index is 1190. The molecule has 0 unspecified atom stereocenters. The van der Waals surface area contributed by atoms with Gasteiger partial charge in [-0.3, -0.25) is 9.36 Å². The number of carbonyl (C=O) groups is 2. The molecule has 178 valence electrons. The number of benzene rings is 2. The summed E-state index contributed by atoms with van der Waals surface area (Å²) in [6, 6.07) is 10.3. The predicted molar refractivity (Wildman–Crippen MR) is 133 cm³/mol. The molecule has 0 aliphatic rings. The number of amides is 1. The second-order valence-corrected chi connectivity index (χ2v) is 8.69. The van der Waals surface area contributed by atoms with E-state index in [4.69, 9.17) is 21.1 Å². The van der Waals surface area contributed by atoms with Gasteiger partial charge in [0.2, 0.25) is 5.91 Å². The lowest BCUT2D eigenvalue weighted by molar-refractivity contribution is -0.113. The number of hydrogen-bond acceptors (Lipinski definition) is 7. The van der Waals surface area contributed by atoms with Gasteiger partial charge in [0.15, 0.2) is 11.0 Å². The van der Waals surface area contributed by atoms with Crippen LogP contribution in [0.1, 0.15) is 27.3 Å². The third kappa shape index (κ3) is 6.39. The van der Waals surface area contributed by atoms with Crippen LogP contribution in [-0.2, 0) is 22.7 Å². The Kier molecular flexibility index (Phi) is 8.72. The minimum atomic E-state index is -0.471. The van der Waals surface area contributed by atoms with Crippen molar-refractivity contribution in [3.8, 4) is 5.75 Å². The van der Waals surface area contributed by atoms with Crippen molar-refractivity contribution in [2.24, 2.45) is 0 Å². The highest BCUT2D eigenvalue weighted by molar-refractivity contribution is 7.99. The summed E-state index contributed by atoms with van der Waals surface area (Å²) in [5.74, 6) is 0.689. The van der Waals surface area contributed by atoms with E-state index < -0.39 is 5.97 Å². The molecule has 3 rings (SSSR count). The minimum Gasteiger partial charge on any atom is -0.486 e. The van der Waals surface area contributed by atoms with Crippen molar-refractivity contribution in [3.63, 3.8) is 0 Å². The first kappa shape index (κ1) is 25.3. The number of rotatable bonds is 10.